The van der Waals surface area contributed by atoms with Gasteiger partial charge in [0, 0.05) is 6.07 Å². The second-order valence-electron chi connectivity index (χ2n) is 5.38. The van der Waals surface area contributed by atoms with Crippen LogP contribution in [0.4, 0.5) is 11.4 Å². The monoisotopic (exact) mass is 374 g/mol. The van der Waals surface area contributed by atoms with Crippen molar-refractivity contribution in [2.45, 2.75) is 6.92 Å². The summed E-state index contributed by atoms with van der Waals surface area (Å²) in [5.74, 6) is 0.364. The van der Waals surface area contributed by atoms with Gasteiger partial charge in [-0.15, -0.1) is 0 Å². The summed E-state index contributed by atoms with van der Waals surface area (Å²) in [7, 11) is 3.03. The summed E-state index contributed by atoms with van der Waals surface area (Å²) in [6.45, 7) is 1.67. The smallest absolute Gasteiger partial charge is 0.338 e. The van der Waals surface area contributed by atoms with Crippen molar-refractivity contribution >= 4 is 23.3 Å². The maximum atomic E-state index is 12.2. The van der Waals surface area contributed by atoms with E-state index in [4.69, 9.17) is 24.7 Å². The number of nitrogens with one attached hydrogen (secondary N) is 1. The highest BCUT2D eigenvalue weighted by molar-refractivity contribution is 5.94. The quantitative estimate of drug-likeness (QED) is 0.540. The molecule has 0 aromatic heterocycles. The number of esters is 1. The molecule has 0 bridgehead atoms. The lowest BCUT2D eigenvalue weighted by atomic mass is 10.2. The molecule has 0 heterocycles. The number of carbonyl (C=O) groups excluding carboxylic acids is 2. The van der Waals surface area contributed by atoms with Gasteiger partial charge >= 0.3 is 5.97 Å². The third-order valence-corrected chi connectivity index (χ3v) is 3.57. The van der Waals surface area contributed by atoms with Crippen LogP contribution in [0, 0.1) is 0 Å². The van der Waals surface area contributed by atoms with Crippen LogP contribution in [0.15, 0.2) is 36.4 Å². The van der Waals surface area contributed by atoms with E-state index in [1.807, 2.05) is 0 Å². The van der Waals surface area contributed by atoms with Crippen LogP contribution in [-0.2, 0) is 9.53 Å². The molecule has 0 fully saturated rings. The Morgan fingerprint density at radius 2 is 1.81 bits per heavy atom. The zero-order valence-corrected chi connectivity index (χ0v) is 15.4. The lowest BCUT2D eigenvalue weighted by Gasteiger charge is -2.13. The van der Waals surface area contributed by atoms with Crippen molar-refractivity contribution < 1.29 is 28.5 Å². The minimum atomic E-state index is -0.491. The van der Waals surface area contributed by atoms with Crippen molar-refractivity contribution in [2.24, 2.45) is 0 Å². The molecule has 1 amide bonds. The number of amides is 1. The molecule has 0 aliphatic carbocycles. The first kappa shape index (κ1) is 19.9. The van der Waals surface area contributed by atoms with Crippen molar-refractivity contribution in [1.82, 2.24) is 0 Å². The second kappa shape index (κ2) is 9.33. The van der Waals surface area contributed by atoms with Gasteiger partial charge in [0.15, 0.2) is 6.61 Å². The van der Waals surface area contributed by atoms with Crippen LogP contribution < -0.4 is 25.3 Å². The van der Waals surface area contributed by atoms with Gasteiger partial charge in [0.2, 0.25) is 0 Å². The number of carbonyl (C=O) groups is 2. The average Bonchev–Trinajstić information content (AvgIpc) is 2.67. The molecular formula is C19H22N2O6. The fraction of sp³-hybridized carbons (Fsp3) is 0.263. The summed E-state index contributed by atoms with van der Waals surface area (Å²) in [4.78, 5) is 24.0. The van der Waals surface area contributed by atoms with E-state index in [0.29, 0.717) is 28.4 Å². The van der Waals surface area contributed by atoms with Gasteiger partial charge in [0.25, 0.3) is 5.91 Å². The predicted molar refractivity (Wildman–Crippen MR) is 100 cm³/mol. The highest BCUT2D eigenvalue weighted by atomic mass is 16.5. The first-order valence-corrected chi connectivity index (χ1v) is 8.19. The minimum Gasteiger partial charge on any atom is -0.497 e. The summed E-state index contributed by atoms with van der Waals surface area (Å²) in [5.41, 5.74) is 6.90. The van der Waals surface area contributed by atoms with Crippen molar-refractivity contribution in [2.75, 3.05) is 38.5 Å². The van der Waals surface area contributed by atoms with E-state index in [-0.39, 0.29) is 19.0 Å². The second-order valence-corrected chi connectivity index (χ2v) is 5.38. The summed E-state index contributed by atoms with van der Waals surface area (Å²) in [6.07, 6.45) is 0. The molecule has 2 aromatic rings. The van der Waals surface area contributed by atoms with Crippen molar-refractivity contribution in [1.29, 1.82) is 0 Å². The molecule has 3 N–H and O–H groups in total. The molecule has 8 heteroatoms. The molecule has 0 aliphatic heterocycles. The average molecular weight is 374 g/mol. The molecule has 27 heavy (non-hydrogen) atoms. The van der Waals surface area contributed by atoms with Gasteiger partial charge in [0.1, 0.15) is 17.2 Å². The molecule has 2 aromatic carbocycles. The number of nitrogens with two attached hydrogens (primary N) is 1. The van der Waals surface area contributed by atoms with Gasteiger partial charge in [-0.3, -0.25) is 4.79 Å². The van der Waals surface area contributed by atoms with Gasteiger partial charge in [-0.2, -0.15) is 0 Å². The maximum Gasteiger partial charge on any atom is 0.338 e. The first-order chi connectivity index (χ1) is 13.0. The number of methoxy groups -OCH3 is 2. The number of nitrogen functional groups attached to an aromatic ring is 1. The zero-order valence-electron chi connectivity index (χ0n) is 15.4. The number of ether oxygens (including phenoxy) is 4. The molecule has 0 saturated carbocycles. The SMILES string of the molecule is CCOC(=O)c1ccc(N)c(OCC(=O)Nc2ccc(OC)cc2OC)c1. The Kier molecular flexibility index (Phi) is 6.87. The largest absolute Gasteiger partial charge is 0.497 e. The van der Waals surface area contributed by atoms with Crippen LogP contribution in [0.3, 0.4) is 0 Å². The number of anilines is 2. The maximum absolute atomic E-state index is 12.2. The standard InChI is InChI=1S/C19H22N2O6/c1-4-26-19(23)12-5-7-14(20)16(9-12)27-11-18(22)21-15-8-6-13(24-2)10-17(15)25-3/h5-10H,4,11,20H2,1-3H3,(H,21,22). The van der Waals surface area contributed by atoms with E-state index in [1.165, 1.54) is 32.4 Å². The summed E-state index contributed by atoms with van der Waals surface area (Å²) in [6, 6.07) is 9.49. The van der Waals surface area contributed by atoms with Gasteiger partial charge in [-0.25, -0.2) is 4.79 Å². The van der Waals surface area contributed by atoms with Crippen molar-refractivity contribution in [3.63, 3.8) is 0 Å². The van der Waals surface area contributed by atoms with E-state index in [1.54, 1.807) is 25.1 Å². The topological polar surface area (TPSA) is 109 Å². The Morgan fingerprint density at radius 3 is 2.48 bits per heavy atom. The summed E-state index contributed by atoms with van der Waals surface area (Å²) >= 11 is 0. The molecule has 0 aliphatic rings. The van der Waals surface area contributed by atoms with E-state index in [0.717, 1.165) is 0 Å². The summed E-state index contributed by atoms with van der Waals surface area (Å²) in [5, 5.41) is 2.68. The molecule has 0 saturated heterocycles. The minimum absolute atomic E-state index is 0.220. The third kappa shape index (κ3) is 5.27. The fourth-order valence-electron chi connectivity index (χ4n) is 2.23. The van der Waals surface area contributed by atoms with Crippen LogP contribution in [0.2, 0.25) is 0 Å². The van der Waals surface area contributed by atoms with Crippen molar-refractivity contribution in [3.8, 4) is 17.2 Å². The van der Waals surface area contributed by atoms with E-state index >= 15 is 0 Å². The van der Waals surface area contributed by atoms with Gasteiger partial charge < -0.3 is 30.0 Å². The van der Waals surface area contributed by atoms with Gasteiger partial charge in [0.05, 0.1) is 37.8 Å². The Hall–Kier alpha value is -3.42. The molecule has 8 nitrogen and oxygen atoms in total. The van der Waals surface area contributed by atoms with E-state index in [2.05, 4.69) is 5.32 Å². The highest BCUT2D eigenvalue weighted by Crippen LogP contribution is 2.29. The highest BCUT2D eigenvalue weighted by Gasteiger charge is 2.13. The lowest BCUT2D eigenvalue weighted by Crippen LogP contribution is -2.21. The molecule has 0 unspecified atom stereocenters. The predicted octanol–water partition coefficient (Wildman–Crippen LogP) is 2.48. The molecule has 2 rings (SSSR count). The molecule has 0 atom stereocenters. The van der Waals surface area contributed by atoms with Crippen LogP contribution in [0.25, 0.3) is 0 Å². The zero-order chi connectivity index (χ0) is 19.8. The Bertz CT molecular complexity index is 822. The Labute approximate surface area is 157 Å². The fourth-order valence-corrected chi connectivity index (χ4v) is 2.23. The molecule has 0 spiro atoms. The number of hydrogen-bond donors (Lipinski definition) is 2. The first-order valence-electron chi connectivity index (χ1n) is 8.19. The number of benzene rings is 2. The van der Waals surface area contributed by atoms with E-state index in [9.17, 15) is 9.59 Å². The van der Waals surface area contributed by atoms with Gasteiger partial charge in [-0.05, 0) is 37.3 Å². The van der Waals surface area contributed by atoms with Gasteiger partial charge in [-0.1, -0.05) is 0 Å². The Balaban J connectivity index is 2.03. The summed E-state index contributed by atoms with van der Waals surface area (Å²) < 4.78 is 20.7. The van der Waals surface area contributed by atoms with Crippen LogP contribution >= 0.6 is 0 Å². The number of hydrogen-bond acceptors (Lipinski definition) is 7. The molecule has 144 valence electrons. The molecular weight excluding hydrogens is 352 g/mol. The third-order valence-electron chi connectivity index (χ3n) is 3.57. The Morgan fingerprint density at radius 1 is 1.04 bits per heavy atom. The van der Waals surface area contributed by atoms with Crippen LogP contribution in [-0.4, -0.2) is 39.3 Å². The lowest BCUT2D eigenvalue weighted by molar-refractivity contribution is -0.118. The normalized spacial score (nSPS) is 10.0. The van der Waals surface area contributed by atoms with Crippen molar-refractivity contribution in [3.05, 3.63) is 42.0 Å². The van der Waals surface area contributed by atoms with Crippen LogP contribution in [0.1, 0.15) is 17.3 Å². The van der Waals surface area contributed by atoms with Crippen LogP contribution in [0.5, 0.6) is 17.2 Å². The molecule has 0 radical (unpaired) electrons. The number of rotatable bonds is 8. The van der Waals surface area contributed by atoms with E-state index < -0.39 is 11.9 Å².